The summed E-state index contributed by atoms with van der Waals surface area (Å²) in [6.07, 6.45) is 4.93. The largest absolute Gasteiger partial charge is 0.381 e. The third-order valence-electron chi connectivity index (χ3n) is 5.90. The van der Waals surface area contributed by atoms with Gasteiger partial charge in [-0.15, -0.1) is 0 Å². The van der Waals surface area contributed by atoms with E-state index in [9.17, 15) is 4.79 Å². The highest BCUT2D eigenvalue weighted by atomic mass is 16.5. The average Bonchev–Trinajstić information content (AvgIpc) is 2.94. The van der Waals surface area contributed by atoms with E-state index < -0.39 is 0 Å². The number of hydrogen-bond acceptors (Lipinski definition) is 2. The van der Waals surface area contributed by atoms with Crippen LogP contribution >= 0.6 is 0 Å². The Kier molecular flexibility index (Phi) is 3.94. The molecule has 2 aromatic carbocycles. The molecule has 0 unspecified atom stereocenters. The van der Waals surface area contributed by atoms with Crippen molar-refractivity contribution in [2.24, 2.45) is 5.41 Å². The molecule has 0 saturated heterocycles. The van der Waals surface area contributed by atoms with E-state index in [2.05, 4.69) is 17.0 Å². The zero-order valence-corrected chi connectivity index (χ0v) is 14.4. The molecule has 0 amide bonds. The fourth-order valence-corrected chi connectivity index (χ4v) is 4.39. The van der Waals surface area contributed by atoms with Crippen molar-refractivity contribution in [3.8, 4) is 11.1 Å². The molecule has 3 heteroatoms. The number of hydrogen-bond donors (Lipinski definition) is 0. The minimum absolute atomic E-state index is 0.214. The number of rotatable bonds is 2. The second kappa shape index (κ2) is 6.13. The summed E-state index contributed by atoms with van der Waals surface area (Å²) in [5.74, 6) is 0.306. The van der Waals surface area contributed by atoms with E-state index in [-0.39, 0.29) is 5.41 Å². The first kappa shape index (κ1) is 16.1. The second-order valence-corrected chi connectivity index (χ2v) is 7.26. The first-order chi connectivity index (χ1) is 12.1. The number of Topliss-reactive ketones (excluding diaryl/α,β-unsaturated/α-hetero) is 1. The van der Waals surface area contributed by atoms with Crippen molar-refractivity contribution in [2.45, 2.75) is 38.2 Å². The van der Waals surface area contributed by atoms with E-state index in [0.29, 0.717) is 17.6 Å². The summed E-state index contributed by atoms with van der Waals surface area (Å²) in [6, 6.07) is 13.8. The lowest BCUT2D eigenvalue weighted by Crippen LogP contribution is -2.35. The third kappa shape index (κ3) is 2.67. The maximum absolute atomic E-state index is 13.2. The lowest BCUT2D eigenvalue weighted by Gasteiger charge is -2.35. The minimum atomic E-state index is -0.214. The normalized spacial score (nSPS) is 25.0. The Hall–Kier alpha value is -2.44. The van der Waals surface area contributed by atoms with Crippen molar-refractivity contribution < 1.29 is 9.53 Å². The molecule has 25 heavy (non-hydrogen) atoms. The van der Waals surface area contributed by atoms with Gasteiger partial charge in [-0.1, -0.05) is 30.3 Å². The summed E-state index contributed by atoms with van der Waals surface area (Å²) >= 11 is 0. The van der Waals surface area contributed by atoms with Crippen molar-refractivity contribution in [1.29, 1.82) is 0 Å². The van der Waals surface area contributed by atoms with Crippen LogP contribution in [-0.4, -0.2) is 19.0 Å². The highest BCUT2D eigenvalue weighted by molar-refractivity contribution is 6.05. The number of fused-ring (bicyclic) bond motifs is 1. The molecule has 0 aliphatic heterocycles. The van der Waals surface area contributed by atoms with Crippen molar-refractivity contribution >= 4 is 11.5 Å². The highest BCUT2D eigenvalue weighted by Gasteiger charge is 2.47. The van der Waals surface area contributed by atoms with Gasteiger partial charge in [-0.05, 0) is 60.9 Å². The first-order valence-corrected chi connectivity index (χ1v) is 8.84. The summed E-state index contributed by atoms with van der Waals surface area (Å²) < 4.78 is 5.47. The molecule has 4 rings (SSSR count). The number of carbonyl (C=O) groups excluding carboxylic acids is 1. The summed E-state index contributed by atoms with van der Waals surface area (Å²) in [7, 11) is 1.76. The van der Waals surface area contributed by atoms with Crippen molar-refractivity contribution in [3.63, 3.8) is 0 Å². The zero-order chi connectivity index (χ0) is 17.4. The van der Waals surface area contributed by atoms with Crippen LogP contribution in [0, 0.1) is 12.0 Å². The van der Waals surface area contributed by atoms with Crippen LogP contribution in [0.25, 0.3) is 16.0 Å². The maximum atomic E-state index is 13.2. The van der Waals surface area contributed by atoms with Crippen molar-refractivity contribution in [3.05, 3.63) is 65.0 Å². The molecule has 2 aromatic rings. The minimum Gasteiger partial charge on any atom is -0.381 e. The van der Waals surface area contributed by atoms with Crippen LogP contribution in [0.15, 0.2) is 42.5 Å². The Morgan fingerprint density at radius 2 is 1.88 bits per heavy atom. The van der Waals surface area contributed by atoms with Gasteiger partial charge in [0.1, 0.15) is 0 Å². The van der Waals surface area contributed by atoms with Gasteiger partial charge >= 0.3 is 0 Å². The molecule has 1 saturated carbocycles. The van der Waals surface area contributed by atoms with Gasteiger partial charge in [-0.3, -0.25) is 4.79 Å². The third-order valence-corrected chi connectivity index (χ3v) is 5.90. The summed E-state index contributed by atoms with van der Waals surface area (Å²) in [5.41, 5.74) is 4.47. The van der Waals surface area contributed by atoms with E-state index >= 15 is 0 Å². The van der Waals surface area contributed by atoms with E-state index in [4.69, 9.17) is 11.3 Å². The fourth-order valence-electron chi connectivity index (χ4n) is 4.39. The smallest absolute Gasteiger partial charge is 0.187 e. The van der Waals surface area contributed by atoms with Crippen molar-refractivity contribution in [2.75, 3.05) is 7.11 Å². The molecule has 0 aromatic heterocycles. The molecule has 0 heterocycles. The number of ketones is 1. The molecule has 2 aliphatic rings. The Morgan fingerprint density at radius 3 is 2.60 bits per heavy atom. The molecule has 2 aliphatic carbocycles. The van der Waals surface area contributed by atoms with Crippen molar-refractivity contribution in [1.82, 2.24) is 0 Å². The Bertz CT molecular complexity index is 870. The monoisotopic (exact) mass is 331 g/mol. The molecular formula is C22H21NO2. The Balaban J connectivity index is 1.66. The van der Waals surface area contributed by atoms with Crippen LogP contribution < -0.4 is 0 Å². The molecule has 0 N–H and O–H groups in total. The van der Waals surface area contributed by atoms with Gasteiger partial charge in [0.2, 0.25) is 0 Å². The molecule has 0 bridgehead atoms. The van der Waals surface area contributed by atoms with Gasteiger partial charge in [0.25, 0.3) is 0 Å². The fraction of sp³-hybridized carbons (Fsp3) is 0.364. The van der Waals surface area contributed by atoms with Gasteiger partial charge < -0.3 is 4.74 Å². The van der Waals surface area contributed by atoms with Crippen LogP contribution in [0.3, 0.4) is 0 Å². The number of ether oxygens (including phenoxy) is 1. The molecule has 0 radical (unpaired) electrons. The van der Waals surface area contributed by atoms with Crippen LogP contribution in [0.4, 0.5) is 5.69 Å². The van der Waals surface area contributed by atoms with E-state index in [1.165, 1.54) is 5.56 Å². The molecule has 1 spiro atoms. The van der Waals surface area contributed by atoms with Gasteiger partial charge in [-0.25, -0.2) is 4.85 Å². The predicted molar refractivity (Wildman–Crippen MR) is 97.9 cm³/mol. The molecule has 1 fully saturated rings. The molecule has 0 atom stereocenters. The number of nitrogens with zero attached hydrogens (tertiary/aromatic N) is 1. The van der Waals surface area contributed by atoms with Gasteiger partial charge in [-0.2, -0.15) is 0 Å². The van der Waals surface area contributed by atoms with Crippen LogP contribution in [0.5, 0.6) is 0 Å². The average molecular weight is 331 g/mol. The number of methoxy groups -OCH3 is 1. The number of benzene rings is 2. The number of carbonyl (C=O) groups is 1. The lowest BCUT2D eigenvalue weighted by molar-refractivity contribution is 0.0285. The van der Waals surface area contributed by atoms with Gasteiger partial charge in [0, 0.05) is 18.1 Å². The topological polar surface area (TPSA) is 30.7 Å². The quantitative estimate of drug-likeness (QED) is 0.707. The summed E-state index contributed by atoms with van der Waals surface area (Å²) in [5, 5.41) is 0. The standard InChI is InChI=1S/C22H21NO2/c1-23-18-5-3-4-15(12-18)16-6-7-17-14-22(21(24)20(17)13-16)10-8-19(25-2)9-11-22/h3-7,12-13,19H,8-11,14H2,2H3. The molecule has 3 nitrogen and oxygen atoms in total. The maximum Gasteiger partial charge on any atom is 0.187 e. The highest BCUT2D eigenvalue weighted by Crippen LogP contribution is 2.48. The second-order valence-electron chi connectivity index (χ2n) is 7.26. The Morgan fingerprint density at radius 1 is 1.12 bits per heavy atom. The SMILES string of the molecule is [C-]#[N+]c1cccc(-c2ccc3c(c2)C(=O)C2(CCC(OC)CC2)C3)c1. The van der Waals surface area contributed by atoms with Gasteiger partial charge in [0.05, 0.1) is 12.7 Å². The van der Waals surface area contributed by atoms with Crippen LogP contribution in [0.1, 0.15) is 41.6 Å². The van der Waals surface area contributed by atoms with E-state index in [1.54, 1.807) is 13.2 Å². The summed E-state index contributed by atoms with van der Waals surface area (Å²) in [4.78, 5) is 16.7. The predicted octanol–water partition coefficient (Wildman–Crippen LogP) is 5.22. The zero-order valence-electron chi connectivity index (χ0n) is 14.4. The molecular weight excluding hydrogens is 310 g/mol. The van der Waals surface area contributed by atoms with Gasteiger partial charge in [0.15, 0.2) is 11.5 Å². The first-order valence-electron chi connectivity index (χ1n) is 8.84. The summed E-state index contributed by atoms with van der Waals surface area (Å²) in [6.45, 7) is 7.18. The van der Waals surface area contributed by atoms with E-state index in [0.717, 1.165) is 48.8 Å². The lowest BCUT2D eigenvalue weighted by atomic mass is 9.70. The van der Waals surface area contributed by atoms with E-state index in [1.807, 2.05) is 24.3 Å². The van der Waals surface area contributed by atoms with Crippen LogP contribution in [0.2, 0.25) is 0 Å². The Labute approximate surface area is 148 Å². The van der Waals surface area contributed by atoms with Crippen LogP contribution in [-0.2, 0) is 11.2 Å². The molecule has 126 valence electrons.